The van der Waals surface area contributed by atoms with Crippen molar-refractivity contribution in [1.29, 1.82) is 0 Å². The number of thiophene rings is 1. The molecule has 2 heterocycles. The van der Waals surface area contributed by atoms with Crippen LogP contribution in [-0.4, -0.2) is 30.0 Å². The Morgan fingerprint density at radius 3 is 2.33 bits per heavy atom. The summed E-state index contributed by atoms with van der Waals surface area (Å²) < 4.78 is 12.2. The number of carbonyl (C=O) groups is 1. The number of fused-ring (bicyclic) bond motifs is 1. The predicted octanol–water partition coefficient (Wildman–Crippen LogP) is 8.14. The van der Waals surface area contributed by atoms with Crippen LogP contribution in [0.4, 0.5) is 0 Å². The molecule has 0 saturated carbocycles. The first-order valence-corrected chi connectivity index (χ1v) is 12.8. The molecule has 3 aromatic carbocycles. The molecule has 36 heavy (non-hydrogen) atoms. The average molecular weight is 537 g/mol. The summed E-state index contributed by atoms with van der Waals surface area (Å²) in [6.45, 7) is 2.06. The standard InChI is InChI=1S/C28H22Cl2N2O3S/c1-16(26-8-9-27(36-26)28(33)35-3)32-25(15-24(31-32)20-11-21(29)14-22(30)12-20)19-5-4-18-13-23(34-2)7-6-17(18)10-19/h4-16H,1-3H3. The van der Waals surface area contributed by atoms with Crippen molar-refractivity contribution >= 4 is 51.3 Å². The van der Waals surface area contributed by atoms with Gasteiger partial charge < -0.3 is 9.47 Å². The smallest absolute Gasteiger partial charge is 0.348 e. The fraction of sp³-hybridized carbons (Fsp3) is 0.143. The Labute approximate surface area is 222 Å². The number of aromatic nitrogens is 2. The highest BCUT2D eigenvalue weighted by Crippen LogP contribution is 2.36. The molecule has 5 nitrogen and oxygen atoms in total. The summed E-state index contributed by atoms with van der Waals surface area (Å²) >= 11 is 14.0. The molecular weight excluding hydrogens is 515 g/mol. The van der Waals surface area contributed by atoms with Crippen LogP contribution in [0, 0.1) is 0 Å². The largest absolute Gasteiger partial charge is 0.497 e. The van der Waals surface area contributed by atoms with Crippen molar-refractivity contribution in [3.05, 3.63) is 92.6 Å². The number of hydrogen-bond acceptors (Lipinski definition) is 5. The molecule has 0 aliphatic carbocycles. The number of hydrogen-bond donors (Lipinski definition) is 0. The van der Waals surface area contributed by atoms with Gasteiger partial charge in [-0.1, -0.05) is 41.4 Å². The Bertz CT molecular complexity index is 1570. The normalized spacial score (nSPS) is 12.0. The lowest BCUT2D eigenvalue weighted by molar-refractivity contribution is 0.0606. The molecule has 0 N–H and O–H groups in total. The highest BCUT2D eigenvalue weighted by Gasteiger charge is 2.21. The van der Waals surface area contributed by atoms with Crippen molar-refractivity contribution in [3.63, 3.8) is 0 Å². The lowest BCUT2D eigenvalue weighted by atomic mass is 10.0. The molecule has 5 aromatic rings. The van der Waals surface area contributed by atoms with Gasteiger partial charge in [0, 0.05) is 26.0 Å². The third kappa shape index (κ3) is 4.72. The van der Waals surface area contributed by atoms with E-state index in [0.29, 0.717) is 14.9 Å². The number of ether oxygens (including phenoxy) is 2. The zero-order valence-electron chi connectivity index (χ0n) is 19.8. The predicted molar refractivity (Wildman–Crippen MR) is 147 cm³/mol. The Hall–Kier alpha value is -3.32. The number of halogens is 2. The van der Waals surface area contributed by atoms with Crippen LogP contribution in [0.2, 0.25) is 10.0 Å². The molecule has 0 fully saturated rings. The first-order chi connectivity index (χ1) is 17.4. The number of methoxy groups -OCH3 is 2. The minimum absolute atomic E-state index is 0.140. The summed E-state index contributed by atoms with van der Waals surface area (Å²) in [7, 11) is 3.05. The molecular formula is C28H22Cl2N2O3S. The van der Waals surface area contributed by atoms with Crippen LogP contribution in [0.3, 0.4) is 0 Å². The summed E-state index contributed by atoms with van der Waals surface area (Å²) in [6.07, 6.45) is 0. The van der Waals surface area contributed by atoms with Gasteiger partial charge in [-0.05, 0) is 72.3 Å². The monoisotopic (exact) mass is 536 g/mol. The van der Waals surface area contributed by atoms with E-state index in [1.54, 1.807) is 19.2 Å². The van der Waals surface area contributed by atoms with E-state index in [1.165, 1.54) is 18.4 Å². The van der Waals surface area contributed by atoms with Gasteiger partial charge in [-0.25, -0.2) is 4.79 Å². The van der Waals surface area contributed by atoms with Gasteiger partial charge in [0.25, 0.3) is 0 Å². The molecule has 182 valence electrons. The summed E-state index contributed by atoms with van der Waals surface area (Å²) in [4.78, 5) is 13.6. The molecule has 5 rings (SSSR count). The van der Waals surface area contributed by atoms with Crippen molar-refractivity contribution in [2.24, 2.45) is 0 Å². The highest BCUT2D eigenvalue weighted by atomic mass is 35.5. The summed E-state index contributed by atoms with van der Waals surface area (Å²) in [5.41, 5.74) is 3.52. The van der Waals surface area contributed by atoms with Crippen LogP contribution in [0.5, 0.6) is 5.75 Å². The van der Waals surface area contributed by atoms with Gasteiger partial charge in [-0.3, -0.25) is 4.68 Å². The van der Waals surface area contributed by atoms with Crippen LogP contribution in [0.25, 0.3) is 33.3 Å². The zero-order valence-corrected chi connectivity index (χ0v) is 22.1. The molecule has 8 heteroatoms. The van der Waals surface area contributed by atoms with Gasteiger partial charge in [0.15, 0.2) is 0 Å². The molecule has 1 unspecified atom stereocenters. The topological polar surface area (TPSA) is 53.4 Å². The Morgan fingerprint density at radius 1 is 0.889 bits per heavy atom. The Kier molecular flexibility index (Phi) is 6.75. The SMILES string of the molecule is COC(=O)c1ccc(C(C)n2nc(-c3cc(Cl)cc(Cl)c3)cc2-c2ccc3cc(OC)ccc3c2)s1. The van der Waals surface area contributed by atoms with Crippen molar-refractivity contribution in [2.75, 3.05) is 14.2 Å². The van der Waals surface area contributed by atoms with Crippen LogP contribution in [0.15, 0.2) is 72.8 Å². The van der Waals surface area contributed by atoms with E-state index in [2.05, 4.69) is 25.1 Å². The molecule has 0 aliphatic heterocycles. The number of benzene rings is 3. The molecule has 0 saturated heterocycles. The summed E-state index contributed by atoms with van der Waals surface area (Å²) in [6, 6.07) is 23.3. The molecule has 2 aromatic heterocycles. The van der Waals surface area contributed by atoms with E-state index >= 15 is 0 Å². The van der Waals surface area contributed by atoms with Gasteiger partial charge in [-0.15, -0.1) is 11.3 Å². The van der Waals surface area contributed by atoms with Crippen LogP contribution < -0.4 is 4.74 Å². The van der Waals surface area contributed by atoms with E-state index in [1.807, 2.05) is 47.1 Å². The maximum absolute atomic E-state index is 12.0. The minimum Gasteiger partial charge on any atom is -0.497 e. The van der Waals surface area contributed by atoms with Gasteiger partial charge in [0.2, 0.25) is 0 Å². The van der Waals surface area contributed by atoms with E-state index in [0.717, 1.165) is 43.9 Å². The molecule has 0 aliphatic rings. The quantitative estimate of drug-likeness (QED) is 0.205. The first kappa shape index (κ1) is 24.4. The fourth-order valence-corrected chi connectivity index (χ4v) is 5.66. The Balaban J connectivity index is 1.65. The highest BCUT2D eigenvalue weighted by molar-refractivity contribution is 7.14. The Morgan fingerprint density at radius 2 is 1.61 bits per heavy atom. The van der Waals surface area contributed by atoms with Gasteiger partial charge in [0.05, 0.1) is 31.6 Å². The zero-order chi connectivity index (χ0) is 25.4. The number of rotatable bonds is 6. The van der Waals surface area contributed by atoms with E-state index in [9.17, 15) is 4.79 Å². The minimum atomic E-state index is -0.349. The second-order valence-corrected chi connectivity index (χ2v) is 10.3. The van der Waals surface area contributed by atoms with Crippen molar-refractivity contribution < 1.29 is 14.3 Å². The lowest BCUT2D eigenvalue weighted by Crippen LogP contribution is -2.09. The molecule has 0 radical (unpaired) electrons. The van der Waals surface area contributed by atoms with E-state index < -0.39 is 0 Å². The van der Waals surface area contributed by atoms with Crippen molar-refractivity contribution in [1.82, 2.24) is 9.78 Å². The third-order valence-electron chi connectivity index (χ3n) is 6.03. The first-order valence-electron chi connectivity index (χ1n) is 11.2. The fourth-order valence-electron chi connectivity index (χ4n) is 4.17. The second kappa shape index (κ2) is 9.97. The number of carbonyl (C=O) groups excluding carboxylic acids is 1. The molecule has 0 amide bonds. The number of nitrogens with zero attached hydrogens (tertiary/aromatic N) is 2. The average Bonchev–Trinajstić information content (AvgIpc) is 3.55. The summed E-state index contributed by atoms with van der Waals surface area (Å²) in [5, 5.41) is 8.23. The van der Waals surface area contributed by atoms with Crippen LogP contribution in [-0.2, 0) is 4.74 Å². The van der Waals surface area contributed by atoms with Gasteiger partial charge >= 0.3 is 5.97 Å². The van der Waals surface area contributed by atoms with Crippen LogP contribution in [0.1, 0.15) is 27.5 Å². The van der Waals surface area contributed by atoms with Gasteiger partial charge in [0.1, 0.15) is 10.6 Å². The summed E-state index contributed by atoms with van der Waals surface area (Å²) in [5.74, 6) is 0.464. The molecule has 0 spiro atoms. The van der Waals surface area contributed by atoms with Crippen LogP contribution >= 0.6 is 34.5 Å². The maximum atomic E-state index is 12.0. The van der Waals surface area contributed by atoms with E-state index in [-0.39, 0.29) is 12.0 Å². The van der Waals surface area contributed by atoms with Crippen molar-refractivity contribution in [2.45, 2.75) is 13.0 Å². The maximum Gasteiger partial charge on any atom is 0.348 e. The number of esters is 1. The van der Waals surface area contributed by atoms with E-state index in [4.69, 9.17) is 37.8 Å². The lowest BCUT2D eigenvalue weighted by Gasteiger charge is -2.15. The van der Waals surface area contributed by atoms with Crippen molar-refractivity contribution in [3.8, 4) is 28.3 Å². The second-order valence-electron chi connectivity index (χ2n) is 8.31. The third-order valence-corrected chi connectivity index (χ3v) is 7.70. The van der Waals surface area contributed by atoms with Gasteiger partial charge in [-0.2, -0.15) is 5.10 Å². The molecule has 0 bridgehead atoms. The molecule has 1 atom stereocenters.